The summed E-state index contributed by atoms with van der Waals surface area (Å²) in [7, 11) is 0. The van der Waals surface area contributed by atoms with E-state index in [-0.39, 0.29) is 6.10 Å². The zero-order chi connectivity index (χ0) is 22.1. The summed E-state index contributed by atoms with van der Waals surface area (Å²) >= 11 is 0. The van der Waals surface area contributed by atoms with Gasteiger partial charge in [0.15, 0.2) is 0 Å². The number of benzene rings is 1. The average molecular weight is 436 g/mol. The van der Waals surface area contributed by atoms with Gasteiger partial charge in [-0.3, -0.25) is 4.90 Å². The molecule has 3 fully saturated rings. The van der Waals surface area contributed by atoms with E-state index in [2.05, 4.69) is 63.2 Å². The van der Waals surface area contributed by atoms with Gasteiger partial charge < -0.3 is 15.3 Å². The largest absolute Gasteiger partial charge is 0.393 e. The maximum absolute atomic E-state index is 9.85. The Labute approximate surface area is 192 Å². The summed E-state index contributed by atoms with van der Waals surface area (Å²) in [6.45, 7) is 9.76. The molecule has 0 radical (unpaired) electrons. The molecule has 172 valence electrons. The highest BCUT2D eigenvalue weighted by Crippen LogP contribution is 2.38. The van der Waals surface area contributed by atoms with Gasteiger partial charge in [0.1, 0.15) is 0 Å². The molecule has 2 saturated heterocycles. The van der Waals surface area contributed by atoms with Crippen molar-refractivity contribution in [1.82, 2.24) is 14.9 Å². The number of fused-ring (bicyclic) bond motifs is 1. The molecule has 3 aliphatic rings. The van der Waals surface area contributed by atoms with Gasteiger partial charge in [-0.2, -0.15) is 0 Å². The van der Waals surface area contributed by atoms with Crippen molar-refractivity contribution < 1.29 is 5.11 Å². The maximum Gasteiger partial charge on any atom is 0.222 e. The number of piperidine rings is 1. The monoisotopic (exact) mass is 435 g/mol. The van der Waals surface area contributed by atoms with Gasteiger partial charge in [0.2, 0.25) is 5.95 Å². The molecular weight excluding hydrogens is 398 g/mol. The molecule has 32 heavy (non-hydrogen) atoms. The summed E-state index contributed by atoms with van der Waals surface area (Å²) in [6.07, 6.45) is 8.02. The van der Waals surface area contributed by atoms with E-state index in [1.54, 1.807) is 0 Å². The van der Waals surface area contributed by atoms with Crippen LogP contribution >= 0.6 is 0 Å². The van der Waals surface area contributed by atoms with Gasteiger partial charge in [-0.15, -0.1) is 0 Å². The molecule has 3 atom stereocenters. The fraction of sp³-hybridized carbons (Fsp3) is 0.615. The summed E-state index contributed by atoms with van der Waals surface area (Å²) in [5.41, 5.74) is 3.90. The van der Waals surface area contributed by atoms with Crippen molar-refractivity contribution >= 4 is 11.6 Å². The van der Waals surface area contributed by atoms with Crippen molar-refractivity contribution in [2.24, 2.45) is 11.8 Å². The minimum absolute atomic E-state index is 0.0521. The van der Waals surface area contributed by atoms with Crippen LogP contribution in [0.5, 0.6) is 0 Å². The van der Waals surface area contributed by atoms with Crippen LogP contribution in [0.1, 0.15) is 56.6 Å². The number of nitrogens with one attached hydrogen (secondary N) is 1. The number of rotatable bonds is 6. The van der Waals surface area contributed by atoms with E-state index in [0.29, 0.717) is 23.8 Å². The molecule has 6 nitrogen and oxygen atoms in total. The zero-order valence-electron chi connectivity index (χ0n) is 19.5. The van der Waals surface area contributed by atoms with Gasteiger partial charge in [-0.05, 0) is 66.7 Å². The third-order valence-corrected chi connectivity index (χ3v) is 7.68. The Morgan fingerprint density at radius 3 is 2.22 bits per heavy atom. The first-order valence-electron chi connectivity index (χ1n) is 12.4. The Kier molecular flexibility index (Phi) is 6.33. The van der Waals surface area contributed by atoms with Crippen molar-refractivity contribution in [2.75, 3.05) is 36.4 Å². The molecule has 1 unspecified atom stereocenters. The molecule has 2 aromatic rings. The van der Waals surface area contributed by atoms with Crippen molar-refractivity contribution in [3.8, 4) is 0 Å². The summed E-state index contributed by atoms with van der Waals surface area (Å²) in [4.78, 5) is 14.1. The molecular formula is C26H37N5O. The van der Waals surface area contributed by atoms with Crippen molar-refractivity contribution in [3.05, 3.63) is 47.8 Å². The number of nitrogens with zero attached hydrogens (tertiary/aromatic N) is 4. The van der Waals surface area contributed by atoms with Gasteiger partial charge >= 0.3 is 0 Å². The van der Waals surface area contributed by atoms with Gasteiger partial charge in [0.05, 0.1) is 6.10 Å². The number of hydrogen-bond acceptors (Lipinski definition) is 6. The first-order chi connectivity index (χ1) is 15.5. The van der Waals surface area contributed by atoms with Crippen LogP contribution in [-0.2, 0) is 6.54 Å². The lowest BCUT2D eigenvalue weighted by molar-refractivity contribution is 0.161. The predicted octanol–water partition coefficient (Wildman–Crippen LogP) is 3.88. The van der Waals surface area contributed by atoms with E-state index >= 15 is 0 Å². The minimum atomic E-state index is -0.0521. The molecule has 3 heterocycles. The first kappa shape index (κ1) is 21.7. The SMILES string of the molecule is CC(C)c1cnc(NC2CCN(c3ccc(CN4C[C@H]5CC(O)C[C@H]5C4)cc3)CC2)nc1. The van der Waals surface area contributed by atoms with Gasteiger partial charge in [0, 0.05) is 56.8 Å². The molecule has 1 saturated carbocycles. The van der Waals surface area contributed by atoms with Crippen LogP contribution in [0, 0.1) is 11.8 Å². The third kappa shape index (κ3) is 4.91. The minimum Gasteiger partial charge on any atom is -0.393 e. The van der Waals surface area contributed by atoms with Crippen LogP contribution in [0.3, 0.4) is 0 Å². The summed E-state index contributed by atoms with van der Waals surface area (Å²) in [5.74, 6) is 2.62. The van der Waals surface area contributed by atoms with E-state index in [1.807, 2.05) is 12.4 Å². The highest BCUT2D eigenvalue weighted by molar-refractivity contribution is 5.48. The molecule has 0 spiro atoms. The number of anilines is 2. The summed E-state index contributed by atoms with van der Waals surface area (Å²) in [5, 5.41) is 13.4. The normalized spacial score (nSPS) is 26.6. The van der Waals surface area contributed by atoms with Crippen molar-refractivity contribution in [2.45, 2.75) is 64.1 Å². The van der Waals surface area contributed by atoms with E-state index in [4.69, 9.17) is 0 Å². The number of aliphatic hydroxyl groups is 1. The fourth-order valence-electron chi connectivity index (χ4n) is 5.74. The zero-order valence-corrected chi connectivity index (χ0v) is 19.5. The van der Waals surface area contributed by atoms with E-state index in [1.165, 1.54) is 16.8 Å². The smallest absolute Gasteiger partial charge is 0.222 e. The topological polar surface area (TPSA) is 64.5 Å². The van der Waals surface area contributed by atoms with Crippen molar-refractivity contribution in [1.29, 1.82) is 0 Å². The lowest BCUT2D eigenvalue weighted by atomic mass is 10.0. The summed E-state index contributed by atoms with van der Waals surface area (Å²) < 4.78 is 0. The van der Waals surface area contributed by atoms with Crippen molar-refractivity contribution in [3.63, 3.8) is 0 Å². The Morgan fingerprint density at radius 1 is 1.00 bits per heavy atom. The molecule has 1 aliphatic carbocycles. The number of hydrogen-bond donors (Lipinski definition) is 2. The van der Waals surface area contributed by atoms with E-state index < -0.39 is 0 Å². The van der Waals surface area contributed by atoms with Crippen LogP contribution in [0.2, 0.25) is 0 Å². The fourth-order valence-corrected chi connectivity index (χ4v) is 5.74. The standard InChI is InChI=1S/C26H37N5O/c1-18(2)22-13-27-26(28-14-22)29-23-7-9-31(10-8-23)24-5-3-19(4-6-24)15-30-16-20-11-25(32)12-21(20)17-30/h3-6,13-14,18,20-21,23,25,32H,7-12,15-17H2,1-2H3,(H,27,28,29)/t20-,21+,25?. The molecule has 5 rings (SSSR count). The van der Waals surface area contributed by atoms with E-state index in [0.717, 1.165) is 64.4 Å². The molecule has 2 aliphatic heterocycles. The number of aliphatic hydroxyl groups excluding tert-OH is 1. The lowest BCUT2D eigenvalue weighted by Gasteiger charge is -2.34. The third-order valence-electron chi connectivity index (χ3n) is 7.68. The number of aromatic nitrogens is 2. The Bertz CT molecular complexity index is 862. The van der Waals surface area contributed by atoms with Crippen LogP contribution in [-0.4, -0.2) is 58.3 Å². The highest BCUT2D eigenvalue weighted by atomic mass is 16.3. The van der Waals surface area contributed by atoms with Gasteiger partial charge in [-0.25, -0.2) is 9.97 Å². The Hall–Kier alpha value is -2.18. The van der Waals surface area contributed by atoms with Crippen LogP contribution < -0.4 is 10.2 Å². The van der Waals surface area contributed by atoms with Crippen LogP contribution in [0.15, 0.2) is 36.7 Å². The highest BCUT2D eigenvalue weighted by Gasteiger charge is 2.39. The Morgan fingerprint density at radius 2 is 1.62 bits per heavy atom. The second kappa shape index (κ2) is 9.36. The second-order valence-electron chi connectivity index (χ2n) is 10.4. The first-order valence-corrected chi connectivity index (χ1v) is 12.4. The molecule has 1 aromatic heterocycles. The second-order valence-corrected chi connectivity index (χ2v) is 10.4. The van der Waals surface area contributed by atoms with Gasteiger partial charge in [0.25, 0.3) is 0 Å². The quantitative estimate of drug-likeness (QED) is 0.718. The molecule has 0 amide bonds. The Balaban J connectivity index is 1.09. The molecule has 6 heteroatoms. The predicted molar refractivity (Wildman–Crippen MR) is 129 cm³/mol. The van der Waals surface area contributed by atoms with E-state index in [9.17, 15) is 5.11 Å². The summed E-state index contributed by atoms with van der Waals surface area (Å²) in [6, 6.07) is 9.61. The molecule has 1 aromatic carbocycles. The molecule has 0 bridgehead atoms. The lowest BCUT2D eigenvalue weighted by Crippen LogP contribution is -2.39. The van der Waals surface area contributed by atoms with Crippen LogP contribution in [0.25, 0.3) is 0 Å². The van der Waals surface area contributed by atoms with Gasteiger partial charge in [-0.1, -0.05) is 26.0 Å². The number of likely N-dealkylation sites (tertiary alicyclic amines) is 1. The average Bonchev–Trinajstić information content (AvgIpc) is 3.32. The maximum atomic E-state index is 9.85. The van der Waals surface area contributed by atoms with Crippen LogP contribution in [0.4, 0.5) is 11.6 Å². The molecule has 2 N–H and O–H groups in total.